The summed E-state index contributed by atoms with van der Waals surface area (Å²) < 4.78 is 187. The van der Waals surface area contributed by atoms with Crippen LogP contribution in [0, 0.1) is 17.6 Å². The Kier molecular flexibility index (Phi) is 11.6. The fourth-order valence-corrected chi connectivity index (χ4v) is 12.8. The lowest BCUT2D eigenvalue weighted by Gasteiger charge is -2.26. The number of pyridine rings is 1. The van der Waals surface area contributed by atoms with Gasteiger partial charge in [0.15, 0.2) is 21.3 Å². The van der Waals surface area contributed by atoms with Crippen LogP contribution < -0.4 is 10.0 Å². The quantitative estimate of drug-likeness (QED) is 0.0873. The van der Waals surface area contributed by atoms with Crippen LogP contribution in [0.25, 0.3) is 22.0 Å². The summed E-state index contributed by atoms with van der Waals surface area (Å²) in [4.78, 5) is 19.0. The lowest BCUT2D eigenvalue weighted by molar-refractivity contribution is -0.142. The van der Waals surface area contributed by atoms with Crippen molar-refractivity contribution in [1.29, 1.82) is 0 Å². The number of carbonyl (C=O) groups excluding carboxylic acids is 1. The minimum Gasteiger partial charge on any atom is -0.346 e. The van der Waals surface area contributed by atoms with Crippen LogP contribution in [0.4, 0.5) is 45.3 Å². The molecule has 0 aliphatic heterocycles. The Morgan fingerprint density at radius 1 is 0.956 bits per heavy atom. The summed E-state index contributed by atoms with van der Waals surface area (Å²) in [5.74, 6) is -9.94. The first kappa shape index (κ1) is 48.1. The normalized spacial score (nSPS) is 20.1. The predicted molar refractivity (Wildman–Crippen MR) is 231 cm³/mol. The molecule has 4 aliphatic carbocycles. The van der Waals surface area contributed by atoms with Crippen LogP contribution in [0.1, 0.15) is 105 Å². The van der Waals surface area contributed by atoms with E-state index in [1.165, 1.54) is 31.2 Å². The molecule has 9 rings (SSSR count). The van der Waals surface area contributed by atoms with Crippen molar-refractivity contribution in [3.63, 3.8) is 0 Å². The van der Waals surface area contributed by atoms with Gasteiger partial charge in [0.05, 0.1) is 42.4 Å². The second kappa shape index (κ2) is 16.3. The van der Waals surface area contributed by atoms with Crippen molar-refractivity contribution >= 4 is 54.1 Å². The zero-order valence-corrected chi connectivity index (χ0v) is 38.8. The molecule has 3 saturated carbocycles. The molecule has 0 unspecified atom stereocenters. The largest absolute Gasteiger partial charge is 0.435 e. The molecule has 0 bridgehead atoms. The summed E-state index contributed by atoms with van der Waals surface area (Å²) in [6, 6.07) is 6.52. The van der Waals surface area contributed by atoms with E-state index in [-0.39, 0.29) is 69.1 Å². The Morgan fingerprint density at radius 2 is 1.62 bits per heavy atom. The molecule has 0 radical (unpaired) electrons. The van der Waals surface area contributed by atoms with Gasteiger partial charge in [0, 0.05) is 34.4 Å². The topological polar surface area (TPSA) is 158 Å². The smallest absolute Gasteiger partial charge is 0.346 e. The minimum absolute atomic E-state index is 0.0113. The van der Waals surface area contributed by atoms with E-state index in [0.29, 0.717) is 36.4 Å². The maximum atomic E-state index is 15.6. The number of anilines is 1. The second-order valence-corrected chi connectivity index (χ2v) is 24.4. The van der Waals surface area contributed by atoms with E-state index in [1.54, 1.807) is 13.8 Å². The van der Waals surface area contributed by atoms with Crippen LogP contribution in [0.5, 0.6) is 0 Å². The van der Waals surface area contributed by atoms with Gasteiger partial charge in [-0.3, -0.25) is 23.9 Å². The van der Waals surface area contributed by atoms with Gasteiger partial charge in [0.25, 0.3) is 12.3 Å². The molecule has 3 heterocycles. The lowest BCUT2D eigenvalue weighted by atomic mass is 9.93. The third-order valence-electron chi connectivity index (χ3n) is 13.5. The summed E-state index contributed by atoms with van der Waals surface area (Å²) >= 11 is 6.69. The van der Waals surface area contributed by atoms with Gasteiger partial charge in [-0.1, -0.05) is 23.7 Å². The van der Waals surface area contributed by atoms with Gasteiger partial charge in [0.2, 0.25) is 15.9 Å². The van der Waals surface area contributed by atoms with Crippen molar-refractivity contribution in [3.05, 3.63) is 93.0 Å². The van der Waals surface area contributed by atoms with Gasteiger partial charge in [-0.15, -0.1) is 0 Å². The van der Waals surface area contributed by atoms with Crippen molar-refractivity contribution in [2.75, 3.05) is 4.72 Å². The van der Waals surface area contributed by atoms with Crippen molar-refractivity contribution in [3.8, 4) is 11.1 Å². The number of nitrogens with one attached hydrogen (secondary N) is 2. The SMILES string of the molecule is CC1(S(=O)(=O)Nc2nn(CC(F)F)c3c(-c4ccc(CCC(C)(C)S(=O)(=O)C5CC5)nc4[C@H](Cc4cc(F)cc(F)c4)NC(=O)Cn4nc(C(F)(F)F)c5c4C(F)(F)[C@@H]4C[C@H]54)ccc(Cl)c23)CC1. The van der Waals surface area contributed by atoms with E-state index >= 15 is 8.78 Å². The number of sulfone groups is 1. The number of hydrogen-bond acceptors (Lipinski definition) is 8. The monoisotopic (exact) mass is 1020 g/mol. The van der Waals surface area contributed by atoms with Gasteiger partial charge in [-0.2, -0.15) is 32.1 Å². The first-order valence-corrected chi connectivity index (χ1v) is 25.1. The summed E-state index contributed by atoms with van der Waals surface area (Å²) in [6.07, 6.45) is -7.29. The Bertz CT molecular complexity index is 3100. The maximum Gasteiger partial charge on any atom is 0.435 e. The van der Waals surface area contributed by atoms with Crippen LogP contribution in [0.3, 0.4) is 0 Å². The number of halogens is 10. The molecule has 1 amide bonds. The second-order valence-electron chi connectivity index (χ2n) is 19.0. The first-order chi connectivity index (χ1) is 31.6. The molecule has 3 fully saturated rings. The van der Waals surface area contributed by atoms with Crippen molar-refractivity contribution < 1.29 is 61.1 Å². The Balaban J connectivity index is 1.20. The molecule has 5 aromatic rings. The molecule has 3 aromatic heterocycles. The van der Waals surface area contributed by atoms with E-state index in [0.717, 1.165) is 16.8 Å². The highest BCUT2D eigenvalue weighted by molar-refractivity contribution is 7.94. The van der Waals surface area contributed by atoms with Crippen LogP contribution in [-0.4, -0.2) is 68.5 Å². The highest BCUT2D eigenvalue weighted by atomic mass is 35.5. The van der Waals surface area contributed by atoms with Crippen LogP contribution >= 0.6 is 11.6 Å². The standard InChI is InChI=1S/C44H43ClF9N7O5S2/c1-41(2,67(63,64)25-5-6-25)11-10-24-4-7-26(27-8-9-30(45)35-37(27)60(19-32(48)49)58-40(35)59-68(65,66)42(3)12-13-42)36(55-24)31(16-21-14-22(46)17-23(47)15-21)56-33(62)20-61-39-34(38(57-61)44(52,53)54)28-18-29(28)43(39,50)51/h4,7-9,14-15,17,25,28-29,31-32H,5-6,10-13,16,18-20H2,1-3H3,(H,56,62)(H,58,59)/t28-,29+,31-/m0/s1. The van der Waals surface area contributed by atoms with Crippen LogP contribution in [0.15, 0.2) is 42.5 Å². The van der Waals surface area contributed by atoms with Gasteiger partial charge < -0.3 is 5.32 Å². The number of fused-ring (bicyclic) bond motifs is 4. The molecule has 12 nitrogen and oxygen atoms in total. The molecular weight excluding hydrogens is 977 g/mol. The number of nitrogens with zero attached hydrogens (tertiary/aromatic N) is 5. The number of benzene rings is 2. The molecular formula is C44H43ClF9N7O5S2. The fraction of sp³-hybridized carbons (Fsp3) is 0.500. The minimum atomic E-state index is -5.15. The van der Waals surface area contributed by atoms with E-state index < -0.39 is 125 Å². The number of hydrogen-bond donors (Lipinski definition) is 2. The van der Waals surface area contributed by atoms with Gasteiger partial charge in [-0.05, 0) is 108 Å². The molecule has 0 spiro atoms. The highest BCUT2D eigenvalue weighted by Crippen LogP contribution is 2.68. The van der Waals surface area contributed by atoms with Crippen LogP contribution in [0.2, 0.25) is 5.02 Å². The van der Waals surface area contributed by atoms with Crippen molar-refractivity contribution in [2.24, 2.45) is 5.92 Å². The number of alkyl halides is 7. The number of sulfonamides is 1. The predicted octanol–water partition coefficient (Wildman–Crippen LogP) is 9.40. The number of aromatic nitrogens is 5. The van der Waals surface area contributed by atoms with Crippen molar-refractivity contribution in [1.82, 2.24) is 29.9 Å². The molecule has 2 aromatic carbocycles. The number of carbonyl (C=O) groups is 1. The molecule has 4 aliphatic rings. The van der Waals surface area contributed by atoms with Crippen LogP contribution in [-0.2, 0) is 62.7 Å². The van der Waals surface area contributed by atoms with Gasteiger partial charge in [-0.25, -0.2) is 34.4 Å². The first-order valence-electron chi connectivity index (χ1n) is 21.7. The zero-order valence-electron chi connectivity index (χ0n) is 36.4. The number of rotatable bonds is 17. The third-order valence-corrected chi connectivity index (χ3v) is 19.1. The number of amides is 1. The maximum absolute atomic E-state index is 15.6. The molecule has 366 valence electrons. The molecule has 24 heteroatoms. The van der Waals surface area contributed by atoms with E-state index in [4.69, 9.17) is 16.6 Å². The molecule has 0 saturated heterocycles. The average molecular weight is 1020 g/mol. The van der Waals surface area contributed by atoms with E-state index in [2.05, 4.69) is 20.2 Å². The highest BCUT2D eigenvalue weighted by Gasteiger charge is 2.68. The molecule has 68 heavy (non-hydrogen) atoms. The zero-order chi connectivity index (χ0) is 49.3. The van der Waals surface area contributed by atoms with Gasteiger partial charge in [0.1, 0.15) is 30.4 Å². The molecule has 3 atom stereocenters. The van der Waals surface area contributed by atoms with Gasteiger partial charge >= 0.3 is 6.18 Å². The number of aryl methyl sites for hydroxylation is 1. The third kappa shape index (κ3) is 8.61. The summed E-state index contributed by atoms with van der Waals surface area (Å²) in [5.41, 5.74) is -3.45. The fourth-order valence-electron chi connectivity index (χ4n) is 9.23. The Labute approximate surface area is 389 Å². The lowest BCUT2D eigenvalue weighted by Crippen LogP contribution is -2.36. The van der Waals surface area contributed by atoms with Crippen molar-refractivity contribution in [2.45, 2.75) is 130 Å². The van der Waals surface area contributed by atoms with E-state index in [9.17, 15) is 52.4 Å². The summed E-state index contributed by atoms with van der Waals surface area (Å²) in [6.45, 7) is 2.34. The average Bonchev–Trinajstić information content (AvgIpc) is 4.16. The summed E-state index contributed by atoms with van der Waals surface area (Å²) in [7, 11) is -7.76. The Morgan fingerprint density at radius 3 is 2.24 bits per heavy atom. The Hall–Kier alpha value is -4.90. The van der Waals surface area contributed by atoms with E-state index in [1.807, 2.05) is 0 Å². The summed E-state index contributed by atoms with van der Waals surface area (Å²) in [5, 5.41) is 9.51. The molecule has 2 N–H and O–H groups in total.